The zero-order chi connectivity index (χ0) is 15.4. The highest BCUT2D eigenvalue weighted by Crippen LogP contribution is 2.25. The summed E-state index contributed by atoms with van der Waals surface area (Å²) >= 11 is 0. The lowest BCUT2D eigenvalue weighted by molar-refractivity contribution is 0.427. The Morgan fingerprint density at radius 3 is 3.00 bits per heavy atom. The molecule has 1 unspecified atom stereocenters. The predicted octanol–water partition coefficient (Wildman–Crippen LogP) is 3.76. The largest absolute Gasteiger partial charge is 0.334 e. The molecule has 2 heterocycles. The highest BCUT2D eigenvalue weighted by Gasteiger charge is 2.21. The van der Waals surface area contributed by atoms with Gasteiger partial charge < -0.3 is 9.88 Å². The molecule has 1 aromatic carbocycles. The Bertz CT molecular complexity index is 640. The molecule has 1 aliphatic rings. The molecular weight excluding hydrogens is 270 g/mol. The molecule has 1 N–H and O–H groups in total. The molecule has 3 nitrogen and oxygen atoms in total. The molecule has 1 atom stereocenters. The second-order valence-corrected chi connectivity index (χ2v) is 6.31. The SMILES string of the molecule is CC(=Cc1ccccc1)CNCC1CCCn2cc(C)nc21. The second kappa shape index (κ2) is 6.93. The lowest BCUT2D eigenvalue weighted by atomic mass is 9.99. The number of benzene rings is 1. The summed E-state index contributed by atoms with van der Waals surface area (Å²) in [6, 6.07) is 10.5. The second-order valence-electron chi connectivity index (χ2n) is 6.31. The van der Waals surface area contributed by atoms with Gasteiger partial charge in [0, 0.05) is 31.7 Å². The van der Waals surface area contributed by atoms with Crippen molar-refractivity contribution in [2.75, 3.05) is 13.1 Å². The summed E-state index contributed by atoms with van der Waals surface area (Å²) in [5, 5.41) is 3.60. The first kappa shape index (κ1) is 15.0. The molecule has 0 spiro atoms. The van der Waals surface area contributed by atoms with Crippen molar-refractivity contribution in [3.05, 3.63) is 59.2 Å². The van der Waals surface area contributed by atoms with Gasteiger partial charge in [0.15, 0.2) is 0 Å². The van der Waals surface area contributed by atoms with Crippen LogP contribution in [0.4, 0.5) is 0 Å². The van der Waals surface area contributed by atoms with E-state index in [9.17, 15) is 0 Å². The van der Waals surface area contributed by atoms with Crippen LogP contribution in [0.25, 0.3) is 6.08 Å². The van der Waals surface area contributed by atoms with Gasteiger partial charge in [-0.05, 0) is 32.3 Å². The van der Waals surface area contributed by atoms with E-state index in [1.807, 2.05) is 0 Å². The van der Waals surface area contributed by atoms with E-state index in [4.69, 9.17) is 4.98 Å². The van der Waals surface area contributed by atoms with Crippen molar-refractivity contribution in [3.63, 3.8) is 0 Å². The van der Waals surface area contributed by atoms with Crippen LogP contribution in [-0.2, 0) is 6.54 Å². The summed E-state index contributed by atoms with van der Waals surface area (Å²) in [4.78, 5) is 4.71. The normalized spacial score (nSPS) is 18.3. The highest BCUT2D eigenvalue weighted by atomic mass is 15.1. The van der Waals surface area contributed by atoms with Crippen LogP contribution in [-0.4, -0.2) is 22.6 Å². The van der Waals surface area contributed by atoms with Crippen molar-refractivity contribution in [2.45, 2.75) is 39.2 Å². The Morgan fingerprint density at radius 2 is 2.18 bits per heavy atom. The maximum absolute atomic E-state index is 4.71. The number of hydrogen-bond donors (Lipinski definition) is 1. The van der Waals surface area contributed by atoms with E-state index in [1.165, 1.54) is 29.8 Å². The van der Waals surface area contributed by atoms with Crippen LogP contribution in [0.3, 0.4) is 0 Å². The number of nitrogens with zero attached hydrogens (tertiary/aromatic N) is 2. The fourth-order valence-electron chi connectivity index (χ4n) is 3.23. The van der Waals surface area contributed by atoms with Crippen LogP contribution in [0.2, 0.25) is 0 Å². The predicted molar refractivity (Wildman–Crippen MR) is 91.9 cm³/mol. The van der Waals surface area contributed by atoms with Crippen LogP contribution in [0.5, 0.6) is 0 Å². The monoisotopic (exact) mass is 295 g/mol. The van der Waals surface area contributed by atoms with Crippen LogP contribution in [0, 0.1) is 6.92 Å². The third-order valence-corrected chi connectivity index (χ3v) is 4.25. The lowest BCUT2D eigenvalue weighted by Gasteiger charge is -2.23. The van der Waals surface area contributed by atoms with Crippen molar-refractivity contribution in [3.8, 4) is 0 Å². The first-order valence-corrected chi connectivity index (χ1v) is 8.19. The minimum Gasteiger partial charge on any atom is -0.334 e. The Kier molecular flexibility index (Phi) is 4.74. The van der Waals surface area contributed by atoms with E-state index >= 15 is 0 Å². The van der Waals surface area contributed by atoms with Crippen LogP contribution >= 0.6 is 0 Å². The average Bonchev–Trinajstić information content (AvgIpc) is 2.89. The number of imidazole rings is 1. The van der Waals surface area contributed by atoms with Gasteiger partial charge in [0.1, 0.15) is 5.82 Å². The molecule has 0 fully saturated rings. The Balaban J connectivity index is 1.54. The summed E-state index contributed by atoms with van der Waals surface area (Å²) in [5.41, 5.74) is 3.77. The van der Waals surface area contributed by atoms with E-state index in [2.05, 4.69) is 66.3 Å². The van der Waals surface area contributed by atoms with Crippen molar-refractivity contribution in [1.82, 2.24) is 14.9 Å². The molecular formula is C19H25N3. The molecule has 1 aliphatic heterocycles. The first-order chi connectivity index (χ1) is 10.7. The average molecular weight is 295 g/mol. The third kappa shape index (κ3) is 3.66. The van der Waals surface area contributed by atoms with Crippen LogP contribution < -0.4 is 5.32 Å². The van der Waals surface area contributed by atoms with Gasteiger partial charge in [0.25, 0.3) is 0 Å². The Labute approximate surface area is 133 Å². The third-order valence-electron chi connectivity index (χ3n) is 4.25. The van der Waals surface area contributed by atoms with E-state index in [-0.39, 0.29) is 0 Å². The van der Waals surface area contributed by atoms with Crippen molar-refractivity contribution >= 4 is 6.08 Å². The number of fused-ring (bicyclic) bond motifs is 1. The molecule has 2 aromatic rings. The fourth-order valence-corrected chi connectivity index (χ4v) is 3.23. The van der Waals surface area contributed by atoms with Gasteiger partial charge >= 0.3 is 0 Å². The van der Waals surface area contributed by atoms with Crippen molar-refractivity contribution < 1.29 is 0 Å². The fraction of sp³-hybridized carbons (Fsp3) is 0.421. The molecule has 116 valence electrons. The zero-order valence-corrected chi connectivity index (χ0v) is 13.5. The van der Waals surface area contributed by atoms with Crippen LogP contribution in [0.15, 0.2) is 42.1 Å². The molecule has 1 aromatic heterocycles. The van der Waals surface area contributed by atoms with Gasteiger partial charge in [-0.3, -0.25) is 0 Å². The number of rotatable bonds is 5. The minimum atomic E-state index is 0.548. The van der Waals surface area contributed by atoms with Gasteiger partial charge in [-0.25, -0.2) is 4.98 Å². The lowest BCUT2D eigenvalue weighted by Crippen LogP contribution is -2.27. The molecule has 0 aliphatic carbocycles. The molecule has 0 radical (unpaired) electrons. The first-order valence-electron chi connectivity index (χ1n) is 8.19. The minimum absolute atomic E-state index is 0.548. The molecule has 22 heavy (non-hydrogen) atoms. The van der Waals surface area contributed by atoms with Crippen molar-refractivity contribution in [1.29, 1.82) is 0 Å². The molecule has 0 amide bonds. The maximum atomic E-state index is 4.71. The van der Waals surface area contributed by atoms with Gasteiger partial charge in [-0.2, -0.15) is 0 Å². The van der Waals surface area contributed by atoms with E-state index in [0.29, 0.717) is 5.92 Å². The van der Waals surface area contributed by atoms with Crippen LogP contribution in [0.1, 0.15) is 42.8 Å². The van der Waals surface area contributed by atoms with Gasteiger partial charge in [-0.15, -0.1) is 0 Å². The van der Waals surface area contributed by atoms with Gasteiger partial charge in [0.05, 0.1) is 5.69 Å². The Morgan fingerprint density at radius 1 is 1.36 bits per heavy atom. The number of aromatic nitrogens is 2. The summed E-state index contributed by atoms with van der Waals surface area (Å²) in [6.45, 7) is 7.34. The molecule has 3 rings (SSSR count). The maximum Gasteiger partial charge on any atom is 0.113 e. The topological polar surface area (TPSA) is 29.9 Å². The highest BCUT2D eigenvalue weighted by molar-refractivity contribution is 5.52. The zero-order valence-electron chi connectivity index (χ0n) is 13.5. The van der Waals surface area contributed by atoms with E-state index in [1.54, 1.807) is 0 Å². The standard InChI is InChI=1S/C19H25N3/c1-15(11-17-7-4-3-5-8-17)12-20-13-18-9-6-10-22-14-16(2)21-19(18)22/h3-5,7-8,11,14,18,20H,6,9-10,12-13H2,1-2H3. The molecule has 0 bridgehead atoms. The van der Waals surface area contributed by atoms with E-state index in [0.717, 1.165) is 25.3 Å². The number of aryl methyl sites for hydroxylation is 2. The summed E-state index contributed by atoms with van der Waals surface area (Å²) in [7, 11) is 0. The number of nitrogens with one attached hydrogen (secondary N) is 1. The summed E-state index contributed by atoms with van der Waals surface area (Å²) in [5.74, 6) is 1.81. The molecule has 0 saturated heterocycles. The smallest absolute Gasteiger partial charge is 0.113 e. The molecule has 0 saturated carbocycles. The summed E-state index contributed by atoms with van der Waals surface area (Å²) < 4.78 is 2.33. The van der Waals surface area contributed by atoms with Gasteiger partial charge in [-0.1, -0.05) is 42.0 Å². The van der Waals surface area contributed by atoms with Gasteiger partial charge in [0.2, 0.25) is 0 Å². The van der Waals surface area contributed by atoms with Crippen molar-refractivity contribution in [2.24, 2.45) is 0 Å². The quantitative estimate of drug-likeness (QED) is 0.910. The molecule has 3 heteroatoms. The summed E-state index contributed by atoms with van der Waals surface area (Å²) in [6.07, 6.45) is 6.93. The van der Waals surface area contributed by atoms with E-state index < -0.39 is 0 Å². The Hall–Kier alpha value is -1.87. The number of hydrogen-bond acceptors (Lipinski definition) is 2.